The Morgan fingerprint density at radius 2 is 0.833 bits per heavy atom. The molecule has 1 nitrogen and oxygen atoms in total. The predicted molar refractivity (Wildman–Crippen MR) is 14.6 cm³/mol. The molecule has 5 heteroatoms. The van der Waals surface area contributed by atoms with Gasteiger partial charge in [-0.05, 0) is 0 Å². The molecule has 0 fully saturated rings. The monoisotopic (exact) mass is 477 g/mol. The van der Waals surface area contributed by atoms with Crippen LogP contribution >= 0.6 is 0 Å². The van der Waals surface area contributed by atoms with Crippen LogP contribution in [0.25, 0.3) is 0 Å². The molecule has 0 unspecified atom stereocenters. The second-order valence-corrected chi connectivity index (χ2v) is 0. The van der Waals surface area contributed by atoms with E-state index in [9.17, 15) is 0 Å². The van der Waals surface area contributed by atoms with Crippen LogP contribution in [-0.4, -0.2) is 34.3 Å². The first kappa shape index (κ1) is 40.4. The first-order valence-electron chi connectivity index (χ1n) is 0.707. The number of halogens is 3. The fourth-order valence-corrected chi connectivity index (χ4v) is 0. The quantitative estimate of drug-likeness (QED) is 0.335. The zero-order valence-corrected chi connectivity index (χ0v) is 12.0. The van der Waals surface area contributed by atoms with Crippen molar-refractivity contribution in [2.75, 3.05) is 7.05 Å². The Labute approximate surface area is 89.9 Å². The van der Waals surface area contributed by atoms with E-state index in [4.69, 9.17) is 0 Å². The molecule has 40 valence electrons. The second-order valence-electron chi connectivity index (χ2n) is 0. The van der Waals surface area contributed by atoms with Gasteiger partial charge in [-0.2, -0.15) is 0 Å². The Balaban J connectivity index is -0.000000000833. The minimum absolute atomic E-state index is 0. The van der Waals surface area contributed by atoms with Gasteiger partial charge >= 0.3 is 27.3 Å². The summed E-state index contributed by atoms with van der Waals surface area (Å²) >= 11 is 0. The van der Waals surface area contributed by atoms with E-state index in [1.54, 1.807) is 7.05 Å². The minimum atomic E-state index is 0. The van der Waals surface area contributed by atoms with Crippen LogP contribution in [0, 0.1) is 0 Å². The molecule has 0 bridgehead atoms. The molecule has 0 aliphatic heterocycles. The third-order valence-electron chi connectivity index (χ3n) is 0. The van der Waals surface area contributed by atoms with Crippen molar-refractivity contribution in [1.82, 2.24) is 0 Å². The predicted octanol–water partition coefficient (Wildman–Crippen LogP) is -10.5. The SMILES string of the molecule is C[NH3+].[Br-].[Br-].[Br-].[Pb+2]. The van der Waals surface area contributed by atoms with Crippen LogP contribution in [0.1, 0.15) is 0 Å². The van der Waals surface area contributed by atoms with Crippen molar-refractivity contribution < 1.29 is 56.7 Å². The van der Waals surface area contributed by atoms with Crippen molar-refractivity contribution in [3.05, 3.63) is 0 Å². The molecule has 0 aromatic heterocycles. The number of hydrogen-bond acceptors (Lipinski definition) is 0. The van der Waals surface area contributed by atoms with Crippen molar-refractivity contribution >= 4 is 27.3 Å². The van der Waals surface area contributed by atoms with Gasteiger partial charge in [0.1, 0.15) is 0 Å². The molecule has 0 spiro atoms. The number of rotatable bonds is 0. The summed E-state index contributed by atoms with van der Waals surface area (Å²) in [5, 5.41) is 0. The van der Waals surface area contributed by atoms with E-state index < -0.39 is 0 Å². The van der Waals surface area contributed by atoms with Gasteiger partial charge in [0.25, 0.3) is 0 Å². The molecule has 0 atom stereocenters. The molecule has 0 aliphatic carbocycles. The topological polar surface area (TPSA) is 27.6 Å². The van der Waals surface area contributed by atoms with Crippen LogP contribution in [-0.2, 0) is 0 Å². The van der Waals surface area contributed by atoms with E-state index in [0.29, 0.717) is 0 Å². The molecule has 0 rings (SSSR count). The minimum Gasteiger partial charge on any atom is -1.00 e. The van der Waals surface area contributed by atoms with E-state index in [0.717, 1.165) is 0 Å². The van der Waals surface area contributed by atoms with Crippen LogP contribution in [0.4, 0.5) is 0 Å². The van der Waals surface area contributed by atoms with E-state index >= 15 is 0 Å². The molecule has 0 saturated heterocycles. The standard InChI is InChI=1S/CH5N.3BrH.Pb/c1-2;;;;/h2H2,1H3;3*1H;/q;;;;+2/p-2. The summed E-state index contributed by atoms with van der Waals surface area (Å²) in [6, 6.07) is 0. The van der Waals surface area contributed by atoms with E-state index in [2.05, 4.69) is 5.73 Å². The van der Waals surface area contributed by atoms with Gasteiger partial charge in [-0.3, -0.25) is 0 Å². The summed E-state index contributed by atoms with van der Waals surface area (Å²) in [5.74, 6) is 0. The van der Waals surface area contributed by atoms with Crippen molar-refractivity contribution in [3.63, 3.8) is 0 Å². The van der Waals surface area contributed by atoms with Crippen molar-refractivity contribution in [3.8, 4) is 0 Å². The van der Waals surface area contributed by atoms with Gasteiger partial charge in [0.05, 0.1) is 7.05 Å². The molecule has 3 N–H and O–H groups in total. The first-order chi connectivity index (χ1) is 1.00. The normalized spacial score (nSPS) is 1.00. The van der Waals surface area contributed by atoms with E-state index in [1.165, 1.54) is 0 Å². The Morgan fingerprint density at radius 1 is 0.833 bits per heavy atom. The fraction of sp³-hybridized carbons (Fsp3) is 1.00. The van der Waals surface area contributed by atoms with Gasteiger partial charge in [0.2, 0.25) is 0 Å². The Bertz CT molecular complexity index is 10.8. The van der Waals surface area contributed by atoms with Crippen molar-refractivity contribution in [2.45, 2.75) is 0 Å². The van der Waals surface area contributed by atoms with E-state index in [-0.39, 0.29) is 78.2 Å². The molecule has 0 saturated carbocycles. The van der Waals surface area contributed by atoms with Gasteiger partial charge in [0, 0.05) is 0 Å². The molecular formula is CH6Br3NPb. The van der Waals surface area contributed by atoms with Crippen molar-refractivity contribution in [1.29, 1.82) is 0 Å². The summed E-state index contributed by atoms with van der Waals surface area (Å²) < 4.78 is 0. The van der Waals surface area contributed by atoms with Crippen molar-refractivity contribution in [2.24, 2.45) is 0 Å². The smallest absolute Gasteiger partial charge is 1.00 e. The third-order valence-corrected chi connectivity index (χ3v) is 0. The second kappa shape index (κ2) is 54.3. The van der Waals surface area contributed by atoms with Gasteiger partial charge in [-0.25, -0.2) is 0 Å². The summed E-state index contributed by atoms with van der Waals surface area (Å²) in [4.78, 5) is 0. The Kier molecular flexibility index (Phi) is 366. The summed E-state index contributed by atoms with van der Waals surface area (Å²) in [7, 11) is 1.75. The van der Waals surface area contributed by atoms with Crippen LogP contribution in [0.3, 0.4) is 0 Å². The largest absolute Gasteiger partial charge is 2.00 e. The maximum Gasteiger partial charge on any atom is 2.00 e. The molecule has 2 radical (unpaired) electrons. The van der Waals surface area contributed by atoms with Gasteiger partial charge in [-0.1, -0.05) is 0 Å². The number of hydrogen-bond donors (Lipinski definition) is 1. The molecule has 0 aliphatic rings. The maximum atomic E-state index is 3.25. The zero-order valence-electron chi connectivity index (χ0n) is 3.34. The van der Waals surface area contributed by atoms with Gasteiger partial charge < -0.3 is 56.7 Å². The van der Waals surface area contributed by atoms with Gasteiger partial charge in [-0.15, -0.1) is 0 Å². The van der Waals surface area contributed by atoms with Crippen LogP contribution < -0.4 is 56.7 Å². The Hall–Kier alpha value is 2.32. The summed E-state index contributed by atoms with van der Waals surface area (Å²) in [6.45, 7) is 0. The number of quaternary nitrogens is 1. The van der Waals surface area contributed by atoms with E-state index in [1.807, 2.05) is 0 Å². The summed E-state index contributed by atoms with van der Waals surface area (Å²) in [5.41, 5.74) is 3.25. The molecule has 6 heavy (non-hydrogen) atoms. The fourth-order valence-electron chi connectivity index (χ4n) is 0. The first-order valence-corrected chi connectivity index (χ1v) is 0.707. The van der Waals surface area contributed by atoms with Crippen LogP contribution in [0.15, 0.2) is 0 Å². The maximum absolute atomic E-state index is 3.25. The average Bonchev–Trinajstić information content (AvgIpc) is 1.00. The zero-order chi connectivity index (χ0) is 2.00. The molecule has 0 amide bonds. The third kappa shape index (κ3) is 33.2. The molecular weight excluding hydrogens is 473 g/mol. The Morgan fingerprint density at radius 3 is 0.833 bits per heavy atom. The van der Waals surface area contributed by atoms with Crippen LogP contribution in [0.2, 0.25) is 0 Å². The molecule has 0 aromatic carbocycles. The molecule has 0 aromatic rings. The van der Waals surface area contributed by atoms with Gasteiger partial charge in [0.15, 0.2) is 0 Å². The average molecular weight is 479 g/mol. The summed E-state index contributed by atoms with van der Waals surface area (Å²) in [6.07, 6.45) is 0. The van der Waals surface area contributed by atoms with Crippen LogP contribution in [0.5, 0.6) is 0 Å². The molecule has 0 heterocycles.